The van der Waals surface area contributed by atoms with Gasteiger partial charge in [-0.15, -0.1) is 0 Å². The zero-order valence-electron chi connectivity index (χ0n) is 6.29. The predicted molar refractivity (Wildman–Crippen MR) is 39.5 cm³/mol. The van der Waals surface area contributed by atoms with E-state index in [-0.39, 0.29) is 18.8 Å². The third kappa shape index (κ3) is 3.79. The van der Waals surface area contributed by atoms with E-state index in [2.05, 4.69) is 0 Å². The van der Waals surface area contributed by atoms with Crippen molar-refractivity contribution in [3.63, 3.8) is 0 Å². The van der Waals surface area contributed by atoms with E-state index in [0.29, 0.717) is 13.1 Å². The quantitative estimate of drug-likeness (QED) is 0.451. The van der Waals surface area contributed by atoms with Crippen LogP contribution in [0.5, 0.6) is 0 Å². The molecule has 0 bridgehead atoms. The third-order valence-corrected chi connectivity index (χ3v) is 1.22. The normalized spacial score (nSPS) is 16.8. The molecule has 0 rings (SSSR count). The van der Waals surface area contributed by atoms with Gasteiger partial charge in [0.05, 0.1) is 18.8 Å². The van der Waals surface area contributed by atoms with Gasteiger partial charge in [0, 0.05) is 13.1 Å². The number of aliphatic hydroxyl groups excluding tert-OH is 1. The lowest BCUT2D eigenvalue weighted by Crippen LogP contribution is -2.33. The highest BCUT2D eigenvalue weighted by Gasteiger charge is 2.08. The van der Waals surface area contributed by atoms with Gasteiger partial charge < -0.3 is 21.3 Å². The summed E-state index contributed by atoms with van der Waals surface area (Å²) in [5.74, 6) is 0. The fourth-order valence-electron chi connectivity index (χ4n) is 0.557. The van der Waals surface area contributed by atoms with Crippen molar-refractivity contribution in [3.8, 4) is 0 Å². The van der Waals surface area contributed by atoms with E-state index in [1.54, 1.807) is 0 Å². The summed E-state index contributed by atoms with van der Waals surface area (Å²) < 4.78 is 5.20. The van der Waals surface area contributed by atoms with Crippen molar-refractivity contribution in [3.05, 3.63) is 0 Å². The lowest BCUT2D eigenvalue weighted by atomic mass is 10.3. The van der Waals surface area contributed by atoms with Crippen LogP contribution in [0.2, 0.25) is 0 Å². The molecule has 0 fully saturated rings. The minimum Gasteiger partial charge on any atom is -0.394 e. The number of hydrogen-bond acceptors (Lipinski definition) is 4. The number of nitrogens with two attached hydrogens (primary N) is 2. The molecule has 0 unspecified atom stereocenters. The first-order valence-electron chi connectivity index (χ1n) is 3.41. The Hall–Kier alpha value is -0.160. The number of ether oxygens (including phenoxy) is 1. The Morgan fingerprint density at radius 1 is 1.40 bits per heavy atom. The van der Waals surface area contributed by atoms with E-state index >= 15 is 0 Å². The van der Waals surface area contributed by atoms with Crippen LogP contribution in [0.4, 0.5) is 0 Å². The summed E-state index contributed by atoms with van der Waals surface area (Å²) in [4.78, 5) is 0. The molecule has 0 aromatic carbocycles. The van der Waals surface area contributed by atoms with Crippen molar-refractivity contribution in [2.75, 3.05) is 19.7 Å². The van der Waals surface area contributed by atoms with Crippen LogP contribution in [0.25, 0.3) is 0 Å². The molecule has 0 aromatic rings. The summed E-state index contributed by atoms with van der Waals surface area (Å²) >= 11 is 0. The Morgan fingerprint density at radius 3 is 2.30 bits per heavy atom. The largest absolute Gasteiger partial charge is 0.394 e. The maximum atomic E-state index is 8.62. The molecule has 5 N–H and O–H groups in total. The van der Waals surface area contributed by atoms with Crippen molar-refractivity contribution >= 4 is 0 Å². The third-order valence-electron chi connectivity index (χ3n) is 1.22. The summed E-state index contributed by atoms with van der Waals surface area (Å²) in [5.41, 5.74) is 10.5. The second-order valence-electron chi connectivity index (χ2n) is 2.22. The molecule has 4 heteroatoms. The van der Waals surface area contributed by atoms with Crippen molar-refractivity contribution in [2.24, 2.45) is 11.5 Å². The van der Waals surface area contributed by atoms with Crippen LogP contribution in [0.3, 0.4) is 0 Å². The van der Waals surface area contributed by atoms with E-state index in [9.17, 15) is 0 Å². The van der Waals surface area contributed by atoms with E-state index in [1.165, 1.54) is 0 Å². The Kier molecular flexibility index (Phi) is 5.52. The van der Waals surface area contributed by atoms with Crippen LogP contribution in [0.15, 0.2) is 0 Å². The first kappa shape index (κ1) is 9.84. The van der Waals surface area contributed by atoms with Crippen molar-refractivity contribution in [1.29, 1.82) is 0 Å². The molecule has 0 saturated carbocycles. The van der Waals surface area contributed by atoms with Gasteiger partial charge in [-0.3, -0.25) is 0 Å². The molecule has 0 aromatic heterocycles. The van der Waals surface area contributed by atoms with Gasteiger partial charge in [-0.1, -0.05) is 0 Å². The Bertz CT molecular complexity index is 76.1. The van der Waals surface area contributed by atoms with Crippen molar-refractivity contribution in [1.82, 2.24) is 0 Å². The topological polar surface area (TPSA) is 81.5 Å². The second-order valence-corrected chi connectivity index (χ2v) is 2.22. The zero-order chi connectivity index (χ0) is 7.98. The van der Waals surface area contributed by atoms with Crippen LogP contribution in [0.1, 0.15) is 6.92 Å². The molecule has 0 saturated heterocycles. The van der Waals surface area contributed by atoms with Gasteiger partial charge in [-0.2, -0.15) is 0 Å². The highest BCUT2D eigenvalue weighted by molar-refractivity contribution is 4.59. The molecular weight excluding hydrogens is 132 g/mol. The van der Waals surface area contributed by atoms with Gasteiger partial charge in [0.15, 0.2) is 0 Å². The Balaban J connectivity index is 3.41. The van der Waals surface area contributed by atoms with Gasteiger partial charge in [-0.25, -0.2) is 0 Å². The molecular formula is C6H16N2O2. The van der Waals surface area contributed by atoms with Crippen LogP contribution < -0.4 is 11.5 Å². The number of hydrogen-bond donors (Lipinski definition) is 3. The number of aliphatic hydroxyl groups is 1. The molecule has 4 nitrogen and oxygen atoms in total. The maximum absolute atomic E-state index is 8.62. The second kappa shape index (κ2) is 5.61. The van der Waals surface area contributed by atoms with Crippen LogP contribution in [0, 0.1) is 0 Å². The minimum atomic E-state index is -0.265. The van der Waals surface area contributed by atoms with Gasteiger partial charge in [-0.05, 0) is 6.92 Å². The van der Waals surface area contributed by atoms with E-state index < -0.39 is 0 Å². The van der Waals surface area contributed by atoms with E-state index in [1.807, 2.05) is 6.92 Å². The molecule has 0 radical (unpaired) electrons. The Labute approximate surface area is 61.2 Å². The highest BCUT2D eigenvalue weighted by Crippen LogP contribution is 1.93. The summed E-state index contributed by atoms with van der Waals surface area (Å²) in [6.45, 7) is 2.59. The molecule has 0 amide bonds. The SMILES string of the molecule is C[C@H](CN)O[C@H](CN)CO. The fourth-order valence-corrected chi connectivity index (χ4v) is 0.557. The summed E-state index contributed by atoms with van der Waals surface area (Å²) in [5, 5.41) is 8.62. The fraction of sp³-hybridized carbons (Fsp3) is 1.00. The maximum Gasteiger partial charge on any atom is 0.0931 e. The smallest absolute Gasteiger partial charge is 0.0931 e. The monoisotopic (exact) mass is 148 g/mol. The van der Waals surface area contributed by atoms with Crippen molar-refractivity contribution < 1.29 is 9.84 Å². The van der Waals surface area contributed by atoms with E-state index in [0.717, 1.165) is 0 Å². The van der Waals surface area contributed by atoms with Crippen molar-refractivity contribution in [2.45, 2.75) is 19.1 Å². The first-order valence-corrected chi connectivity index (χ1v) is 3.41. The molecule has 2 atom stereocenters. The zero-order valence-corrected chi connectivity index (χ0v) is 6.29. The average molecular weight is 148 g/mol. The minimum absolute atomic E-state index is 0.0271. The molecule has 0 heterocycles. The van der Waals surface area contributed by atoms with Gasteiger partial charge in [0.25, 0.3) is 0 Å². The predicted octanol–water partition coefficient (Wildman–Crippen LogP) is -1.33. The summed E-state index contributed by atoms with van der Waals surface area (Å²) in [7, 11) is 0. The van der Waals surface area contributed by atoms with Gasteiger partial charge in [0.1, 0.15) is 0 Å². The molecule has 0 aliphatic rings. The Morgan fingerprint density at radius 2 is 2.00 bits per heavy atom. The van der Waals surface area contributed by atoms with E-state index in [4.69, 9.17) is 21.3 Å². The standard InChI is InChI=1S/C6H16N2O2/c1-5(2-7)10-6(3-8)4-9/h5-6,9H,2-4,7-8H2,1H3/t5-,6-/m1/s1. The van der Waals surface area contributed by atoms with Crippen LogP contribution >= 0.6 is 0 Å². The van der Waals surface area contributed by atoms with Gasteiger partial charge in [0.2, 0.25) is 0 Å². The summed E-state index contributed by atoms with van der Waals surface area (Å²) in [6.07, 6.45) is -0.292. The molecule has 0 aliphatic carbocycles. The first-order chi connectivity index (χ1) is 4.74. The summed E-state index contributed by atoms with van der Waals surface area (Å²) in [6, 6.07) is 0. The lowest BCUT2D eigenvalue weighted by Gasteiger charge is -2.17. The average Bonchev–Trinajstić information content (AvgIpc) is 1.99. The van der Waals surface area contributed by atoms with Crippen LogP contribution in [-0.4, -0.2) is 37.0 Å². The molecule has 10 heavy (non-hydrogen) atoms. The molecule has 0 spiro atoms. The van der Waals surface area contributed by atoms with Gasteiger partial charge >= 0.3 is 0 Å². The molecule has 62 valence electrons. The lowest BCUT2D eigenvalue weighted by molar-refractivity contribution is -0.0214. The van der Waals surface area contributed by atoms with Crippen LogP contribution in [-0.2, 0) is 4.74 Å². The molecule has 0 aliphatic heterocycles. The number of rotatable bonds is 5. The highest BCUT2D eigenvalue weighted by atomic mass is 16.5.